The van der Waals surface area contributed by atoms with Gasteiger partial charge in [-0.3, -0.25) is 4.98 Å². The smallest absolute Gasteiger partial charge is 0.246 e. The minimum absolute atomic E-state index is 0.000249. The van der Waals surface area contributed by atoms with E-state index in [0.717, 1.165) is 16.6 Å². The summed E-state index contributed by atoms with van der Waals surface area (Å²) in [6.45, 7) is 0.0578. The lowest BCUT2D eigenvalue weighted by Crippen LogP contribution is -2.50. The van der Waals surface area contributed by atoms with Crippen molar-refractivity contribution in [2.24, 2.45) is 0 Å². The quantitative estimate of drug-likeness (QED) is 0.316. The van der Waals surface area contributed by atoms with Gasteiger partial charge in [0, 0.05) is 60.2 Å². The number of hydrogen-bond acceptors (Lipinski definition) is 8. The highest BCUT2D eigenvalue weighted by Gasteiger charge is 2.35. The molecule has 0 unspecified atom stereocenters. The Morgan fingerprint density at radius 2 is 1.48 bits per heavy atom. The summed E-state index contributed by atoms with van der Waals surface area (Å²) in [5.74, 6) is 0.624. The number of methoxy groups -OCH3 is 2. The fraction of sp³-hybridized carbons (Fsp3) is 0.222. The number of piperazine rings is 1. The Morgan fingerprint density at radius 1 is 0.800 bits per heavy atom. The molecule has 0 atom stereocenters. The van der Waals surface area contributed by atoms with Gasteiger partial charge >= 0.3 is 0 Å². The molecule has 1 aliphatic heterocycles. The van der Waals surface area contributed by atoms with E-state index >= 15 is 0 Å². The number of pyridine rings is 1. The molecule has 0 bridgehead atoms. The fourth-order valence-corrected chi connectivity index (χ4v) is 7.67. The minimum atomic E-state index is -3.91. The highest BCUT2D eigenvalue weighted by Crippen LogP contribution is 2.32. The molecular weight excluding hydrogens is 576 g/mol. The van der Waals surface area contributed by atoms with E-state index < -0.39 is 20.0 Å². The van der Waals surface area contributed by atoms with Crippen molar-refractivity contribution in [3.63, 3.8) is 0 Å². The van der Waals surface area contributed by atoms with Crippen LogP contribution < -0.4 is 14.8 Å². The lowest BCUT2D eigenvalue weighted by Gasteiger charge is -2.33. The largest absolute Gasteiger partial charge is 0.497 e. The molecule has 2 heterocycles. The van der Waals surface area contributed by atoms with E-state index in [9.17, 15) is 16.8 Å². The number of anilines is 2. The SMILES string of the molecule is COc1ccc(S(=O)(=O)N2CCN(S(=O)(=O)c3ccc(Nc4ccnc5cc(Cl)ccc45)cc3)CC2)c(OC)c1. The molecule has 1 fully saturated rings. The van der Waals surface area contributed by atoms with Crippen molar-refractivity contribution < 1.29 is 26.3 Å². The van der Waals surface area contributed by atoms with Crippen LogP contribution >= 0.6 is 11.6 Å². The lowest BCUT2D eigenvalue weighted by atomic mass is 10.2. The van der Waals surface area contributed by atoms with Crippen LogP contribution in [0.1, 0.15) is 0 Å². The van der Waals surface area contributed by atoms with Crippen molar-refractivity contribution in [3.8, 4) is 11.5 Å². The number of rotatable bonds is 8. The second-order valence-corrected chi connectivity index (χ2v) is 13.3. The molecule has 210 valence electrons. The average molecular weight is 603 g/mol. The standard InChI is InChI=1S/C27H27ClN4O6S2/c1-37-21-6-10-27(26(18-21)38-2)40(35,36)32-15-13-31(14-16-32)39(33,34)22-7-4-20(5-8-22)30-24-11-12-29-25-17-19(28)3-9-23(24)25/h3-12,17-18H,13-16H2,1-2H3,(H,29,30). The summed E-state index contributed by atoms with van der Waals surface area (Å²) >= 11 is 6.07. The molecule has 1 aromatic heterocycles. The number of aromatic nitrogens is 1. The molecule has 0 saturated carbocycles. The molecule has 1 saturated heterocycles. The van der Waals surface area contributed by atoms with E-state index in [1.54, 1.807) is 36.5 Å². The molecule has 0 aliphatic carbocycles. The van der Waals surface area contributed by atoms with Gasteiger partial charge in [0.05, 0.1) is 24.6 Å². The van der Waals surface area contributed by atoms with Crippen LogP contribution in [0.3, 0.4) is 0 Å². The number of ether oxygens (including phenoxy) is 2. The number of halogens is 1. The number of fused-ring (bicyclic) bond motifs is 1. The molecule has 1 aliphatic rings. The predicted octanol–water partition coefficient (Wildman–Crippen LogP) is 4.34. The van der Waals surface area contributed by atoms with Crippen molar-refractivity contribution in [2.45, 2.75) is 9.79 Å². The van der Waals surface area contributed by atoms with Crippen LogP contribution in [0.4, 0.5) is 11.4 Å². The van der Waals surface area contributed by atoms with Gasteiger partial charge in [0.15, 0.2) is 0 Å². The van der Waals surface area contributed by atoms with Crippen molar-refractivity contribution in [2.75, 3.05) is 45.7 Å². The number of sulfonamides is 2. The van der Waals surface area contributed by atoms with Gasteiger partial charge in [0.25, 0.3) is 0 Å². The van der Waals surface area contributed by atoms with E-state index in [-0.39, 0.29) is 41.7 Å². The molecular formula is C27H27ClN4O6S2. The van der Waals surface area contributed by atoms with Gasteiger partial charge in [0.1, 0.15) is 16.4 Å². The molecule has 10 nitrogen and oxygen atoms in total. The third-order valence-electron chi connectivity index (χ3n) is 6.66. The highest BCUT2D eigenvalue weighted by atomic mass is 35.5. The number of benzene rings is 3. The van der Waals surface area contributed by atoms with Crippen LogP contribution in [-0.2, 0) is 20.0 Å². The number of nitrogens with zero attached hydrogens (tertiary/aromatic N) is 3. The zero-order chi connectivity index (χ0) is 28.5. The summed E-state index contributed by atoms with van der Waals surface area (Å²) in [6, 6.07) is 18.2. The lowest BCUT2D eigenvalue weighted by molar-refractivity contribution is 0.272. The Morgan fingerprint density at radius 3 is 2.12 bits per heavy atom. The van der Waals surface area contributed by atoms with E-state index in [2.05, 4.69) is 10.3 Å². The first kappa shape index (κ1) is 28.1. The Labute approximate surface area is 238 Å². The Bertz CT molecular complexity index is 1760. The first-order chi connectivity index (χ1) is 19.1. The minimum Gasteiger partial charge on any atom is -0.497 e. The second-order valence-electron chi connectivity index (χ2n) is 8.99. The van der Waals surface area contributed by atoms with Crippen LogP contribution in [-0.4, -0.2) is 70.8 Å². The van der Waals surface area contributed by atoms with Crippen molar-refractivity contribution in [3.05, 3.63) is 77.9 Å². The first-order valence-electron chi connectivity index (χ1n) is 12.3. The topological polar surface area (TPSA) is 118 Å². The third kappa shape index (κ3) is 5.45. The van der Waals surface area contributed by atoms with E-state index in [0.29, 0.717) is 16.5 Å². The average Bonchev–Trinajstić information content (AvgIpc) is 2.97. The van der Waals surface area contributed by atoms with Gasteiger partial charge < -0.3 is 14.8 Å². The monoisotopic (exact) mass is 602 g/mol. The highest BCUT2D eigenvalue weighted by molar-refractivity contribution is 7.89. The van der Waals surface area contributed by atoms with E-state index in [4.69, 9.17) is 21.1 Å². The maximum Gasteiger partial charge on any atom is 0.246 e. The molecule has 0 amide bonds. The molecule has 3 aromatic carbocycles. The van der Waals surface area contributed by atoms with Crippen molar-refractivity contribution >= 4 is 53.9 Å². The van der Waals surface area contributed by atoms with Crippen molar-refractivity contribution in [1.29, 1.82) is 0 Å². The summed E-state index contributed by atoms with van der Waals surface area (Å²) in [6.07, 6.45) is 1.67. The first-order valence-corrected chi connectivity index (χ1v) is 15.5. The number of nitrogens with one attached hydrogen (secondary N) is 1. The fourth-order valence-electron chi connectivity index (χ4n) is 4.52. The van der Waals surface area contributed by atoms with Crippen LogP contribution in [0.2, 0.25) is 5.02 Å². The molecule has 0 spiro atoms. The number of hydrogen-bond donors (Lipinski definition) is 1. The van der Waals surface area contributed by atoms with Gasteiger partial charge in [-0.15, -0.1) is 0 Å². The molecule has 1 N–H and O–H groups in total. The van der Waals surface area contributed by atoms with Gasteiger partial charge in [-0.05, 0) is 60.7 Å². The summed E-state index contributed by atoms with van der Waals surface area (Å²) in [5, 5.41) is 4.76. The summed E-state index contributed by atoms with van der Waals surface area (Å²) < 4.78 is 66.3. The zero-order valence-corrected chi connectivity index (χ0v) is 24.1. The molecule has 5 rings (SSSR count). The Hall–Kier alpha value is -3.42. The normalized spacial score (nSPS) is 15.2. The van der Waals surface area contributed by atoms with Crippen LogP contribution in [0, 0.1) is 0 Å². The van der Waals surface area contributed by atoms with E-state index in [1.165, 1.54) is 47.1 Å². The summed E-state index contributed by atoms with van der Waals surface area (Å²) in [4.78, 5) is 4.46. The van der Waals surface area contributed by atoms with Gasteiger partial charge in [-0.25, -0.2) is 16.8 Å². The molecule has 40 heavy (non-hydrogen) atoms. The predicted molar refractivity (Wildman–Crippen MR) is 154 cm³/mol. The second kappa shape index (κ2) is 11.2. The van der Waals surface area contributed by atoms with Gasteiger partial charge in [0.2, 0.25) is 20.0 Å². The van der Waals surface area contributed by atoms with Gasteiger partial charge in [-0.2, -0.15) is 8.61 Å². The summed E-state index contributed by atoms with van der Waals surface area (Å²) in [7, 11) is -4.87. The van der Waals surface area contributed by atoms with Crippen LogP contribution in [0.15, 0.2) is 82.7 Å². The van der Waals surface area contributed by atoms with E-state index in [1.807, 2.05) is 12.1 Å². The third-order valence-corrected chi connectivity index (χ3v) is 10.7. The Balaban J connectivity index is 1.28. The maximum atomic E-state index is 13.3. The van der Waals surface area contributed by atoms with Crippen LogP contribution in [0.25, 0.3) is 10.9 Å². The van der Waals surface area contributed by atoms with Crippen LogP contribution in [0.5, 0.6) is 11.5 Å². The molecule has 0 radical (unpaired) electrons. The molecule has 13 heteroatoms. The summed E-state index contributed by atoms with van der Waals surface area (Å²) in [5.41, 5.74) is 2.25. The Kier molecular flexibility index (Phi) is 7.89. The van der Waals surface area contributed by atoms with Crippen molar-refractivity contribution in [1.82, 2.24) is 13.6 Å². The molecule has 4 aromatic rings. The van der Waals surface area contributed by atoms with Gasteiger partial charge in [-0.1, -0.05) is 11.6 Å². The maximum absolute atomic E-state index is 13.3. The zero-order valence-electron chi connectivity index (χ0n) is 21.7.